The van der Waals surface area contributed by atoms with E-state index < -0.39 is 11.7 Å². The van der Waals surface area contributed by atoms with Crippen molar-refractivity contribution in [2.24, 2.45) is 5.92 Å². The Morgan fingerprint density at radius 3 is 2.23 bits per heavy atom. The SMILES string of the molecule is COC(=O)[C@H](CC(C)C)NCC1(NC(=O)OC(C)(C)C)CC1. The maximum absolute atomic E-state index is 11.9. The first-order valence-electron chi connectivity index (χ1n) is 7.89. The number of carbonyl (C=O) groups is 2. The molecule has 1 aliphatic rings. The number of alkyl carbamates (subject to hydrolysis) is 1. The number of hydrogen-bond donors (Lipinski definition) is 2. The van der Waals surface area contributed by atoms with Crippen LogP contribution in [0.1, 0.15) is 53.9 Å². The summed E-state index contributed by atoms with van der Waals surface area (Å²) in [5, 5.41) is 6.14. The number of esters is 1. The van der Waals surface area contributed by atoms with Crippen LogP contribution in [0.5, 0.6) is 0 Å². The van der Waals surface area contributed by atoms with E-state index in [0.29, 0.717) is 18.9 Å². The summed E-state index contributed by atoms with van der Waals surface area (Å²) >= 11 is 0. The van der Waals surface area contributed by atoms with Crippen molar-refractivity contribution in [3.8, 4) is 0 Å². The molecule has 0 heterocycles. The highest BCUT2D eigenvalue weighted by Crippen LogP contribution is 2.35. The number of methoxy groups -OCH3 is 1. The van der Waals surface area contributed by atoms with Crippen molar-refractivity contribution in [1.29, 1.82) is 0 Å². The maximum Gasteiger partial charge on any atom is 0.408 e. The first-order valence-corrected chi connectivity index (χ1v) is 7.89. The minimum absolute atomic E-state index is 0.262. The molecule has 2 N–H and O–H groups in total. The van der Waals surface area contributed by atoms with E-state index in [1.54, 1.807) is 0 Å². The Morgan fingerprint density at radius 2 is 1.82 bits per heavy atom. The second kappa shape index (κ2) is 7.31. The van der Waals surface area contributed by atoms with Gasteiger partial charge in [0.25, 0.3) is 0 Å². The molecule has 0 bridgehead atoms. The molecular weight excluding hydrogens is 284 g/mol. The van der Waals surface area contributed by atoms with Crippen LogP contribution in [-0.4, -0.2) is 42.9 Å². The molecule has 1 rings (SSSR count). The zero-order chi connectivity index (χ0) is 17.0. The van der Waals surface area contributed by atoms with Crippen LogP contribution >= 0.6 is 0 Å². The lowest BCUT2D eigenvalue weighted by molar-refractivity contribution is -0.143. The Labute approximate surface area is 133 Å². The highest BCUT2D eigenvalue weighted by molar-refractivity contribution is 5.75. The third-order valence-electron chi connectivity index (χ3n) is 3.50. The number of nitrogens with one attached hydrogen (secondary N) is 2. The molecular formula is C16H30N2O4. The summed E-state index contributed by atoms with van der Waals surface area (Å²) in [6.07, 6.45) is 2.06. The normalized spacial score (nSPS) is 17.8. The Morgan fingerprint density at radius 1 is 1.23 bits per heavy atom. The number of hydrogen-bond acceptors (Lipinski definition) is 5. The molecule has 1 fully saturated rings. The van der Waals surface area contributed by atoms with Gasteiger partial charge >= 0.3 is 12.1 Å². The van der Waals surface area contributed by atoms with Gasteiger partial charge < -0.3 is 20.1 Å². The molecule has 0 spiro atoms. The van der Waals surface area contributed by atoms with Gasteiger partial charge in [0.2, 0.25) is 0 Å². The van der Waals surface area contributed by atoms with E-state index in [9.17, 15) is 9.59 Å². The molecule has 1 amide bonds. The smallest absolute Gasteiger partial charge is 0.408 e. The predicted molar refractivity (Wildman–Crippen MR) is 84.6 cm³/mol. The lowest BCUT2D eigenvalue weighted by atomic mass is 10.0. The second-order valence-corrected chi connectivity index (χ2v) is 7.49. The van der Waals surface area contributed by atoms with Crippen LogP contribution in [0.4, 0.5) is 4.79 Å². The summed E-state index contributed by atoms with van der Waals surface area (Å²) in [6.45, 7) is 10.2. The fraction of sp³-hybridized carbons (Fsp3) is 0.875. The van der Waals surface area contributed by atoms with E-state index >= 15 is 0 Å². The molecule has 0 aromatic heterocycles. The Hall–Kier alpha value is -1.30. The molecule has 0 saturated heterocycles. The van der Waals surface area contributed by atoms with Gasteiger partial charge in [-0.25, -0.2) is 4.79 Å². The van der Waals surface area contributed by atoms with E-state index in [1.807, 2.05) is 20.8 Å². The van der Waals surface area contributed by atoms with Crippen LogP contribution in [0.3, 0.4) is 0 Å². The topological polar surface area (TPSA) is 76.7 Å². The van der Waals surface area contributed by atoms with E-state index in [0.717, 1.165) is 12.8 Å². The highest BCUT2D eigenvalue weighted by Gasteiger charge is 2.45. The Balaban J connectivity index is 2.50. The van der Waals surface area contributed by atoms with Gasteiger partial charge in [0.1, 0.15) is 11.6 Å². The molecule has 1 saturated carbocycles. The Kier molecular flexibility index (Phi) is 6.23. The fourth-order valence-electron chi connectivity index (χ4n) is 2.21. The van der Waals surface area contributed by atoms with Gasteiger partial charge in [-0.1, -0.05) is 13.8 Å². The highest BCUT2D eigenvalue weighted by atomic mass is 16.6. The third kappa shape index (κ3) is 6.64. The van der Waals surface area contributed by atoms with Crippen molar-refractivity contribution >= 4 is 12.1 Å². The largest absolute Gasteiger partial charge is 0.468 e. The first-order chi connectivity index (χ1) is 10.1. The van der Waals surface area contributed by atoms with Crippen LogP contribution in [0, 0.1) is 5.92 Å². The molecule has 6 nitrogen and oxygen atoms in total. The molecule has 0 aromatic rings. The fourth-order valence-corrected chi connectivity index (χ4v) is 2.21. The van der Waals surface area contributed by atoms with E-state index in [2.05, 4.69) is 24.5 Å². The number of ether oxygens (including phenoxy) is 2. The van der Waals surface area contributed by atoms with Crippen molar-refractivity contribution in [2.75, 3.05) is 13.7 Å². The quantitative estimate of drug-likeness (QED) is 0.705. The van der Waals surface area contributed by atoms with Crippen LogP contribution in [-0.2, 0) is 14.3 Å². The summed E-state index contributed by atoms with van der Waals surface area (Å²) in [4.78, 5) is 23.7. The van der Waals surface area contributed by atoms with E-state index in [-0.39, 0.29) is 17.6 Å². The zero-order valence-corrected chi connectivity index (χ0v) is 14.6. The van der Waals surface area contributed by atoms with Gasteiger partial charge in [0.05, 0.1) is 12.6 Å². The van der Waals surface area contributed by atoms with E-state index in [1.165, 1.54) is 7.11 Å². The van der Waals surface area contributed by atoms with Gasteiger partial charge in [-0.3, -0.25) is 4.79 Å². The van der Waals surface area contributed by atoms with Gasteiger partial charge in [-0.2, -0.15) is 0 Å². The maximum atomic E-state index is 11.9. The third-order valence-corrected chi connectivity index (χ3v) is 3.50. The lowest BCUT2D eigenvalue weighted by Gasteiger charge is -2.25. The Bertz CT molecular complexity index is 397. The number of rotatable bonds is 7. The van der Waals surface area contributed by atoms with Crippen molar-refractivity contribution in [3.05, 3.63) is 0 Å². The van der Waals surface area contributed by atoms with Crippen molar-refractivity contribution in [3.63, 3.8) is 0 Å². The minimum atomic E-state index is -0.514. The standard InChI is InChI=1S/C16H30N2O4/c1-11(2)9-12(13(19)21-6)17-10-16(7-8-16)18-14(20)22-15(3,4)5/h11-12,17H,7-10H2,1-6H3,(H,18,20)/t12-/m0/s1. The molecule has 0 radical (unpaired) electrons. The first kappa shape index (κ1) is 18.7. The predicted octanol–water partition coefficient (Wildman–Crippen LogP) is 2.22. The van der Waals surface area contributed by atoms with Crippen LogP contribution in [0.25, 0.3) is 0 Å². The van der Waals surface area contributed by atoms with Crippen LogP contribution in [0.15, 0.2) is 0 Å². The average Bonchev–Trinajstić information content (AvgIpc) is 3.10. The molecule has 22 heavy (non-hydrogen) atoms. The van der Waals surface area contributed by atoms with Crippen molar-refractivity contribution < 1.29 is 19.1 Å². The van der Waals surface area contributed by atoms with Gasteiger partial charge in [0.15, 0.2) is 0 Å². The molecule has 0 aromatic carbocycles. The van der Waals surface area contributed by atoms with Crippen LogP contribution < -0.4 is 10.6 Å². The van der Waals surface area contributed by atoms with Crippen molar-refractivity contribution in [2.45, 2.75) is 71.1 Å². The minimum Gasteiger partial charge on any atom is -0.468 e. The summed E-state index contributed by atoms with van der Waals surface area (Å²) in [5.41, 5.74) is -0.814. The lowest BCUT2D eigenvalue weighted by Crippen LogP contribution is -2.50. The summed E-state index contributed by atoms with van der Waals surface area (Å²) in [7, 11) is 1.39. The van der Waals surface area contributed by atoms with Gasteiger partial charge in [0, 0.05) is 6.54 Å². The summed E-state index contributed by atoms with van der Waals surface area (Å²) < 4.78 is 10.1. The van der Waals surface area contributed by atoms with Crippen LogP contribution in [0.2, 0.25) is 0 Å². The molecule has 0 aliphatic heterocycles. The number of amides is 1. The average molecular weight is 314 g/mol. The van der Waals surface area contributed by atoms with Gasteiger partial charge in [-0.15, -0.1) is 0 Å². The summed E-state index contributed by atoms with van der Waals surface area (Å²) in [6, 6.07) is -0.345. The van der Waals surface area contributed by atoms with Gasteiger partial charge in [-0.05, 0) is 46.0 Å². The number of carbonyl (C=O) groups excluding carboxylic acids is 2. The summed E-state index contributed by atoms with van der Waals surface area (Å²) in [5.74, 6) is 0.118. The monoisotopic (exact) mass is 314 g/mol. The molecule has 6 heteroatoms. The van der Waals surface area contributed by atoms with E-state index in [4.69, 9.17) is 9.47 Å². The van der Waals surface area contributed by atoms with Crippen molar-refractivity contribution in [1.82, 2.24) is 10.6 Å². The molecule has 1 atom stereocenters. The molecule has 0 unspecified atom stereocenters. The molecule has 1 aliphatic carbocycles. The second-order valence-electron chi connectivity index (χ2n) is 7.49. The zero-order valence-electron chi connectivity index (χ0n) is 14.6. The molecule has 128 valence electrons.